The zero-order valence-corrected chi connectivity index (χ0v) is 15.3. The third-order valence-electron chi connectivity index (χ3n) is 4.49. The lowest BCUT2D eigenvalue weighted by Crippen LogP contribution is -2.26. The zero-order chi connectivity index (χ0) is 17.9. The van der Waals surface area contributed by atoms with Crippen molar-refractivity contribution in [3.8, 4) is 11.4 Å². The van der Waals surface area contributed by atoms with E-state index in [-0.39, 0.29) is 5.91 Å². The molecule has 2 aromatic heterocycles. The maximum atomic E-state index is 12.5. The van der Waals surface area contributed by atoms with Crippen molar-refractivity contribution in [2.45, 2.75) is 25.7 Å². The van der Waals surface area contributed by atoms with Crippen LogP contribution in [-0.4, -0.2) is 39.2 Å². The van der Waals surface area contributed by atoms with Gasteiger partial charge in [0.2, 0.25) is 0 Å². The molecule has 1 amide bonds. The highest BCUT2D eigenvalue weighted by molar-refractivity contribution is 7.15. The summed E-state index contributed by atoms with van der Waals surface area (Å²) >= 11 is 1.57. The highest BCUT2D eigenvalue weighted by Crippen LogP contribution is 2.31. The van der Waals surface area contributed by atoms with Gasteiger partial charge in [0.05, 0.1) is 0 Å². The number of aromatic amines is 1. The van der Waals surface area contributed by atoms with Crippen molar-refractivity contribution in [3.05, 3.63) is 46.7 Å². The van der Waals surface area contributed by atoms with Crippen LogP contribution in [0.2, 0.25) is 0 Å². The summed E-state index contributed by atoms with van der Waals surface area (Å²) < 4.78 is 0. The molecule has 3 aromatic rings. The van der Waals surface area contributed by atoms with Crippen molar-refractivity contribution < 1.29 is 4.79 Å². The topological polar surface area (TPSA) is 95.6 Å². The van der Waals surface area contributed by atoms with Crippen LogP contribution in [0.5, 0.6) is 0 Å². The first-order valence-electron chi connectivity index (χ1n) is 8.66. The number of anilines is 1. The fraction of sp³-hybridized carbons (Fsp3) is 0.333. The smallest absolute Gasteiger partial charge is 0.257 e. The molecule has 8 heteroatoms. The van der Waals surface area contributed by atoms with Gasteiger partial charge in [0.1, 0.15) is 5.82 Å². The van der Waals surface area contributed by atoms with Gasteiger partial charge < -0.3 is 5.32 Å². The fourth-order valence-electron chi connectivity index (χ4n) is 3.05. The van der Waals surface area contributed by atoms with Gasteiger partial charge in [-0.25, -0.2) is 9.97 Å². The molecule has 1 aliphatic heterocycles. The summed E-state index contributed by atoms with van der Waals surface area (Å²) in [5, 5.41) is 13.9. The first-order chi connectivity index (χ1) is 12.7. The molecule has 0 spiro atoms. The van der Waals surface area contributed by atoms with Gasteiger partial charge in [0.25, 0.3) is 5.91 Å². The highest BCUT2D eigenvalue weighted by Gasteiger charge is 2.18. The van der Waals surface area contributed by atoms with E-state index in [4.69, 9.17) is 0 Å². The van der Waals surface area contributed by atoms with E-state index in [1.165, 1.54) is 4.88 Å². The van der Waals surface area contributed by atoms with Crippen LogP contribution in [0, 0.1) is 6.92 Å². The second kappa shape index (κ2) is 7.35. The number of hydrogen-bond acceptors (Lipinski definition) is 6. The predicted octanol–water partition coefficient (Wildman–Crippen LogP) is 2.96. The Kier molecular flexibility index (Phi) is 4.77. The van der Waals surface area contributed by atoms with Crippen LogP contribution >= 0.6 is 11.3 Å². The van der Waals surface area contributed by atoms with Crippen LogP contribution in [0.1, 0.15) is 39.8 Å². The van der Waals surface area contributed by atoms with Gasteiger partial charge in [-0.3, -0.25) is 15.2 Å². The Morgan fingerprint density at radius 1 is 1.23 bits per heavy atom. The average molecular weight is 368 g/mol. The van der Waals surface area contributed by atoms with Gasteiger partial charge in [-0.1, -0.05) is 12.1 Å². The Morgan fingerprint density at radius 3 is 2.69 bits per heavy atom. The minimum absolute atomic E-state index is 0.158. The summed E-state index contributed by atoms with van der Waals surface area (Å²) in [6.07, 6.45) is 4.14. The van der Waals surface area contributed by atoms with E-state index in [9.17, 15) is 4.79 Å². The van der Waals surface area contributed by atoms with Gasteiger partial charge in [0.15, 0.2) is 11.0 Å². The quantitative estimate of drug-likeness (QED) is 0.658. The molecule has 0 unspecified atom stereocenters. The minimum Gasteiger partial charge on any atom is -0.317 e. The molecule has 3 heterocycles. The SMILES string of the molecule is Cc1nc(-c2ccc(C(=O)Nc3ncc(C4CCNCC4)s3)cc2)n[nH]1. The molecule has 134 valence electrons. The van der Waals surface area contributed by atoms with E-state index < -0.39 is 0 Å². The van der Waals surface area contributed by atoms with E-state index >= 15 is 0 Å². The summed E-state index contributed by atoms with van der Waals surface area (Å²) in [6, 6.07) is 7.25. The van der Waals surface area contributed by atoms with Crippen molar-refractivity contribution in [1.82, 2.24) is 25.5 Å². The lowest BCUT2D eigenvalue weighted by atomic mass is 9.97. The molecule has 0 aliphatic carbocycles. The molecule has 1 aromatic carbocycles. The van der Waals surface area contributed by atoms with E-state index in [2.05, 4.69) is 30.8 Å². The summed E-state index contributed by atoms with van der Waals surface area (Å²) in [7, 11) is 0. The first kappa shape index (κ1) is 16.9. The number of piperidine rings is 1. The molecule has 0 radical (unpaired) electrons. The molecular weight excluding hydrogens is 348 g/mol. The fourth-order valence-corrected chi connectivity index (χ4v) is 4.03. The van der Waals surface area contributed by atoms with Crippen molar-refractivity contribution in [3.63, 3.8) is 0 Å². The molecule has 0 saturated carbocycles. The Hall–Kier alpha value is -2.58. The molecule has 4 rings (SSSR count). The van der Waals surface area contributed by atoms with Crippen LogP contribution in [0.15, 0.2) is 30.5 Å². The van der Waals surface area contributed by atoms with Gasteiger partial charge in [0, 0.05) is 22.2 Å². The summed E-state index contributed by atoms with van der Waals surface area (Å²) in [5.74, 6) is 1.77. The number of nitrogens with one attached hydrogen (secondary N) is 3. The van der Waals surface area contributed by atoms with Crippen LogP contribution in [0.3, 0.4) is 0 Å². The average Bonchev–Trinajstić information content (AvgIpc) is 3.32. The number of nitrogens with zero attached hydrogens (tertiary/aromatic N) is 3. The third kappa shape index (κ3) is 3.66. The van der Waals surface area contributed by atoms with Crippen molar-refractivity contribution in [1.29, 1.82) is 0 Å². The lowest BCUT2D eigenvalue weighted by molar-refractivity contribution is 0.102. The second-order valence-corrected chi connectivity index (χ2v) is 7.43. The van der Waals surface area contributed by atoms with Crippen LogP contribution < -0.4 is 10.6 Å². The zero-order valence-electron chi connectivity index (χ0n) is 14.5. The number of thiazole rings is 1. The molecule has 3 N–H and O–H groups in total. The minimum atomic E-state index is -0.158. The van der Waals surface area contributed by atoms with Crippen molar-refractivity contribution >= 4 is 22.4 Å². The van der Waals surface area contributed by atoms with Crippen LogP contribution in [-0.2, 0) is 0 Å². The number of carbonyl (C=O) groups excluding carboxylic acids is 1. The molecule has 0 bridgehead atoms. The van der Waals surface area contributed by atoms with E-state index in [0.29, 0.717) is 22.4 Å². The maximum absolute atomic E-state index is 12.5. The summed E-state index contributed by atoms with van der Waals surface area (Å²) in [5.41, 5.74) is 1.45. The molecular formula is C18H20N6OS. The third-order valence-corrected chi connectivity index (χ3v) is 5.56. The van der Waals surface area contributed by atoms with Gasteiger partial charge in [-0.05, 0) is 50.9 Å². The number of H-pyrrole nitrogens is 1. The number of hydrogen-bond donors (Lipinski definition) is 3. The predicted molar refractivity (Wildman–Crippen MR) is 101 cm³/mol. The summed E-state index contributed by atoms with van der Waals surface area (Å²) in [6.45, 7) is 3.94. The Morgan fingerprint density at radius 2 is 2.00 bits per heavy atom. The molecule has 1 aliphatic rings. The largest absolute Gasteiger partial charge is 0.317 e. The Bertz CT molecular complexity index is 895. The lowest BCUT2D eigenvalue weighted by Gasteiger charge is -2.20. The number of benzene rings is 1. The number of amides is 1. The van der Waals surface area contributed by atoms with Crippen LogP contribution in [0.25, 0.3) is 11.4 Å². The van der Waals surface area contributed by atoms with Gasteiger partial charge in [-0.15, -0.1) is 11.3 Å². The molecule has 7 nitrogen and oxygen atoms in total. The van der Waals surface area contributed by atoms with Gasteiger partial charge in [-0.2, -0.15) is 5.10 Å². The standard InChI is InChI=1S/C18H20N6OS/c1-11-21-16(24-23-11)13-2-4-14(5-3-13)17(25)22-18-20-10-15(26-18)12-6-8-19-9-7-12/h2-5,10,12,19H,6-9H2,1H3,(H,20,22,25)(H,21,23,24). The Balaban J connectivity index is 1.42. The second-order valence-electron chi connectivity index (χ2n) is 6.37. The highest BCUT2D eigenvalue weighted by atomic mass is 32.1. The van der Waals surface area contributed by atoms with Gasteiger partial charge >= 0.3 is 0 Å². The number of rotatable bonds is 4. The number of carbonyl (C=O) groups is 1. The molecule has 1 saturated heterocycles. The summed E-state index contributed by atoms with van der Waals surface area (Å²) in [4.78, 5) is 22.4. The number of aryl methyl sites for hydroxylation is 1. The van der Waals surface area contributed by atoms with E-state index in [1.807, 2.05) is 25.3 Å². The normalized spacial score (nSPS) is 15.1. The van der Waals surface area contributed by atoms with Crippen molar-refractivity contribution in [2.24, 2.45) is 0 Å². The molecule has 0 atom stereocenters. The monoisotopic (exact) mass is 368 g/mol. The Labute approximate surface area is 155 Å². The van der Waals surface area contributed by atoms with Crippen molar-refractivity contribution in [2.75, 3.05) is 18.4 Å². The van der Waals surface area contributed by atoms with E-state index in [0.717, 1.165) is 37.3 Å². The molecule has 26 heavy (non-hydrogen) atoms. The first-order valence-corrected chi connectivity index (χ1v) is 9.48. The van der Waals surface area contributed by atoms with Crippen LogP contribution in [0.4, 0.5) is 5.13 Å². The molecule has 1 fully saturated rings. The maximum Gasteiger partial charge on any atom is 0.257 e. The number of aromatic nitrogens is 4. The van der Waals surface area contributed by atoms with E-state index in [1.54, 1.807) is 23.5 Å².